The van der Waals surface area contributed by atoms with Gasteiger partial charge in [-0.3, -0.25) is 4.84 Å². The fourth-order valence-electron chi connectivity index (χ4n) is 1.69. The van der Waals surface area contributed by atoms with Gasteiger partial charge in [-0.05, 0) is 32.9 Å². The van der Waals surface area contributed by atoms with E-state index in [1.807, 2.05) is 0 Å². The molecule has 0 atom stereocenters. The number of nitrogens with zero attached hydrogens (tertiary/aromatic N) is 1. The monoisotopic (exact) mass is 353 g/mol. The largest absolute Gasteiger partial charge is 0.465 e. The summed E-state index contributed by atoms with van der Waals surface area (Å²) in [5.74, 6) is -0.510. The molecule has 0 aromatic heterocycles. The molecule has 0 aliphatic heterocycles. The van der Waals surface area contributed by atoms with Crippen molar-refractivity contribution in [2.75, 3.05) is 20.3 Å². The number of oxime groups is 1. The van der Waals surface area contributed by atoms with Gasteiger partial charge < -0.3 is 20.0 Å². The maximum atomic E-state index is 11.5. The van der Waals surface area contributed by atoms with Crippen LogP contribution in [0.4, 0.5) is 4.79 Å². The summed E-state index contributed by atoms with van der Waals surface area (Å²) in [5.41, 5.74) is 2.59. The van der Waals surface area contributed by atoms with Crippen LogP contribution in [0.3, 0.4) is 0 Å². The Morgan fingerprint density at radius 1 is 1.24 bits per heavy atom. The first-order chi connectivity index (χ1) is 11.8. The number of esters is 1. The zero-order valence-electron chi connectivity index (χ0n) is 14.7. The molecule has 25 heavy (non-hydrogen) atoms. The van der Waals surface area contributed by atoms with E-state index in [-0.39, 0.29) is 19.0 Å². The number of methoxy groups -OCH3 is 1. The Balaban J connectivity index is 2.45. The molecule has 138 valence electrons. The number of ether oxygens (including phenoxy) is 2. The third kappa shape index (κ3) is 7.53. The van der Waals surface area contributed by atoms with Gasteiger partial charge in [-0.2, -0.15) is 0 Å². The molecule has 1 amide bonds. The van der Waals surface area contributed by atoms with Gasteiger partial charge in [0, 0.05) is 12.1 Å². The van der Waals surface area contributed by atoms with E-state index in [9.17, 15) is 9.59 Å². The smallest absolute Gasteiger partial charge is 0.407 e. The number of rotatable bonds is 6. The van der Waals surface area contributed by atoms with Crippen molar-refractivity contribution in [2.24, 2.45) is 5.16 Å². The van der Waals surface area contributed by atoms with Crippen molar-refractivity contribution in [1.82, 2.24) is 10.8 Å². The van der Waals surface area contributed by atoms with Crippen LogP contribution in [0.5, 0.6) is 0 Å². The Hall–Kier alpha value is -2.81. The van der Waals surface area contributed by atoms with E-state index < -0.39 is 17.7 Å². The van der Waals surface area contributed by atoms with E-state index in [4.69, 9.17) is 14.8 Å². The minimum absolute atomic E-state index is 0.00280. The van der Waals surface area contributed by atoms with Crippen molar-refractivity contribution in [2.45, 2.75) is 26.4 Å². The lowest BCUT2D eigenvalue weighted by atomic mass is 10.1. The molecular weight excluding hydrogens is 330 g/mol. The van der Waals surface area contributed by atoms with Crippen molar-refractivity contribution >= 4 is 17.9 Å². The van der Waals surface area contributed by atoms with Gasteiger partial charge in [0.25, 0.3) is 0 Å². The Morgan fingerprint density at radius 2 is 1.92 bits per heavy atom. The zero-order chi connectivity index (χ0) is 18.9. The van der Waals surface area contributed by atoms with Crippen molar-refractivity contribution in [3.8, 4) is 0 Å². The second-order valence-electron chi connectivity index (χ2n) is 5.90. The number of hydrogen-bond donors (Lipinski definition) is 3. The van der Waals surface area contributed by atoms with Crippen LogP contribution < -0.4 is 10.8 Å². The second kappa shape index (κ2) is 9.48. The van der Waals surface area contributed by atoms with Crippen LogP contribution >= 0.6 is 0 Å². The van der Waals surface area contributed by atoms with Gasteiger partial charge in [0.15, 0.2) is 5.84 Å². The summed E-state index contributed by atoms with van der Waals surface area (Å²) >= 11 is 0. The van der Waals surface area contributed by atoms with Crippen LogP contribution in [0.2, 0.25) is 0 Å². The summed E-state index contributed by atoms with van der Waals surface area (Å²) in [6.45, 7) is 5.56. The number of hydrogen-bond acceptors (Lipinski definition) is 7. The van der Waals surface area contributed by atoms with E-state index in [0.717, 1.165) is 0 Å². The van der Waals surface area contributed by atoms with Gasteiger partial charge >= 0.3 is 12.1 Å². The Bertz CT molecular complexity index is 625. The molecule has 0 bridgehead atoms. The molecule has 0 saturated heterocycles. The summed E-state index contributed by atoms with van der Waals surface area (Å²) in [7, 11) is 1.27. The minimum atomic E-state index is -0.579. The number of benzene rings is 1. The third-order valence-electron chi connectivity index (χ3n) is 2.70. The van der Waals surface area contributed by atoms with Crippen LogP contribution in [0.15, 0.2) is 29.4 Å². The first-order valence-electron chi connectivity index (χ1n) is 7.52. The molecule has 9 nitrogen and oxygen atoms in total. The summed E-state index contributed by atoms with van der Waals surface area (Å²) in [5, 5.41) is 14.7. The quantitative estimate of drug-likeness (QED) is 0.178. The van der Waals surface area contributed by atoms with E-state index in [1.54, 1.807) is 39.0 Å². The fourth-order valence-corrected chi connectivity index (χ4v) is 1.69. The molecule has 9 heteroatoms. The number of amidine groups is 1. The molecule has 0 aliphatic rings. The Kier molecular flexibility index (Phi) is 7.67. The van der Waals surface area contributed by atoms with E-state index in [0.29, 0.717) is 11.1 Å². The van der Waals surface area contributed by atoms with Crippen LogP contribution in [-0.2, 0) is 14.3 Å². The SMILES string of the molecule is COC(=O)c1cccc(/C(=N/O)NOCCNC(=O)OC(C)(C)C)c1. The molecule has 1 aromatic rings. The second-order valence-corrected chi connectivity index (χ2v) is 5.90. The molecule has 0 spiro atoms. The predicted molar refractivity (Wildman–Crippen MR) is 89.4 cm³/mol. The molecule has 3 N–H and O–H groups in total. The van der Waals surface area contributed by atoms with Crippen molar-refractivity contribution < 1.29 is 29.1 Å². The van der Waals surface area contributed by atoms with Crippen LogP contribution in [0, 0.1) is 0 Å². The van der Waals surface area contributed by atoms with Crippen LogP contribution in [0.25, 0.3) is 0 Å². The topological polar surface area (TPSA) is 118 Å². The average molecular weight is 353 g/mol. The lowest BCUT2D eigenvalue weighted by molar-refractivity contribution is 0.0464. The van der Waals surface area contributed by atoms with Gasteiger partial charge in [0.2, 0.25) is 0 Å². The van der Waals surface area contributed by atoms with E-state index >= 15 is 0 Å². The van der Waals surface area contributed by atoms with E-state index in [1.165, 1.54) is 13.2 Å². The molecular formula is C16H23N3O6. The summed E-state index contributed by atoms with van der Waals surface area (Å²) in [4.78, 5) is 28.1. The average Bonchev–Trinajstić information content (AvgIpc) is 2.56. The molecule has 0 heterocycles. The normalized spacial score (nSPS) is 11.6. The maximum absolute atomic E-state index is 11.5. The number of carbonyl (C=O) groups excluding carboxylic acids is 2. The van der Waals surface area contributed by atoms with Gasteiger partial charge in [-0.1, -0.05) is 17.3 Å². The first-order valence-corrected chi connectivity index (χ1v) is 7.52. The van der Waals surface area contributed by atoms with E-state index in [2.05, 4.69) is 20.7 Å². The number of carbonyl (C=O) groups is 2. The van der Waals surface area contributed by atoms with Crippen LogP contribution in [-0.4, -0.2) is 49.0 Å². The maximum Gasteiger partial charge on any atom is 0.407 e. The number of amides is 1. The highest BCUT2D eigenvalue weighted by Gasteiger charge is 2.15. The predicted octanol–water partition coefficient (Wildman–Crippen LogP) is 1.65. The molecule has 0 unspecified atom stereocenters. The number of alkyl carbamates (subject to hydrolysis) is 1. The van der Waals surface area contributed by atoms with Gasteiger partial charge in [0.1, 0.15) is 5.60 Å². The highest BCUT2D eigenvalue weighted by molar-refractivity contribution is 6.00. The molecule has 0 saturated carbocycles. The lowest BCUT2D eigenvalue weighted by Crippen LogP contribution is -2.35. The summed E-state index contributed by atoms with van der Waals surface area (Å²) in [6, 6.07) is 6.28. The van der Waals surface area contributed by atoms with Gasteiger partial charge in [-0.25, -0.2) is 15.1 Å². The summed E-state index contributed by atoms with van der Waals surface area (Å²) in [6.07, 6.45) is -0.557. The minimum Gasteiger partial charge on any atom is -0.465 e. The highest BCUT2D eigenvalue weighted by Crippen LogP contribution is 2.07. The third-order valence-corrected chi connectivity index (χ3v) is 2.70. The molecule has 1 aromatic carbocycles. The molecule has 1 rings (SSSR count). The van der Waals surface area contributed by atoms with Gasteiger partial charge in [0.05, 0.1) is 19.3 Å². The van der Waals surface area contributed by atoms with Crippen molar-refractivity contribution in [3.05, 3.63) is 35.4 Å². The van der Waals surface area contributed by atoms with Crippen LogP contribution in [0.1, 0.15) is 36.7 Å². The number of hydroxylamine groups is 1. The zero-order valence-corrected chi connectivity index (χ0v) is 14.7. The fraction of sp³-hybridized carbons (Fsp3) is 0.438. The molecule has 0 aliphatic carbocycles. The Labute approximate surface area is 145 Å². The van der Waals surface area contributed by atoms with Crippen molar-refractivity contribution in [3.63, 3.8) is 0 Å². The standard InChI is InChI=1S/C16H23N3O6/c1-16(2,3)25-15(21)17-8-9-24-19-13(18-22)11-6-5-7-12(10-11)14(20)23-4/h5-7,10,22H,8-9H2,1-4H3,(H,17,21)(H,18,19). The van der Waals surface area contributed by atoms with Gasteiger partial charge in [-0.15, -0.1) is 0 Å². The summed E-state index contributed by atoms with van der Waals surface area (Å²) < 4.78 is 9.70. The highest BCUT2D eigenvalue weighted by atomic mass is 16.6. The van der Waals surface area contributed by atoms with Crippen molar-refractivity contribution in [1.29, 1.82) is 0 Å². The Morgan fingerprint density at radius 3 is 2.52 bits per heavy atom. The number of nitrogens with one attached hydrogen (secondary N) is 2. The molecule has 0 radical (unpaired) electrons. The lowest BCUT2D eigenvalue weighted by Gasteiger charge is -2.19. The molecule has 0 fully saturated rings. The first kappa shape index (κ1) is 20.2.